The number of halogens is 2. The number of carbonyl (C=O) groups is 1. The van der Waals surface area contributed by atoms with Crippen molar-refractivity contribution < 1.29 is 13.9 Å². The number of nitrogens with one attached hydrogen (secondary N) is 1. The van der Waals surface area contributed by atoms with Crippen LogP contribution in [0.5, 0.6) is 5.75 Å². The summed E-state index contributed by atoms with van der Waals surface area (Å²) in [6.45, 7) is 5.57. The van der Waals surface area contributed by atoms with Crippen LogP contribution in [0.25, 0.3) is 0 Å². The number of amides is 1. The third-order valence-corrected chi connectivity index (χ3v) is 5.41. The normalized spacial score (nSPS) is 11.0. The molecule has 4 aromatic rings. The van der Waals surface area contributed by atoms with Crippen LogP contribution in [0.4, 0.5) is 5.69 Å². The van der Waals surface area contributed by atoms with Gasteiger partial charge in [-0.05, 0) is 44.2 Å². The maximum Gasteiger partial charge on any atom is 0.291 e. The number of benzene rings is 1. The minimum absolute atomic E-state index is 0.122. The Kier molecular flexibility index (Phi) is 6.53. The van der Waals surface area contributed by atoms with Crippen LogP contribution in [0, 0.1) is 6.92 Å². The van der Waals surface area contributed by atoms with Gasteiger partial charge in [0.1, 0.15) is 18.1 Å². The van der Waals surface area contributed by atoms with E-state index in [2.05, 4.69) is 15.5 Å². The monoisotopic (exact) mass is 473 g/mol. The molecule has 1 amide bonds. The zero-order valence-corrected chi connectivity index (χ0v) is 19.0. The maximum absolute atomic E-state index is 12.5. The average molecular weight is 474 g/mol. The molecule has 4 rings (SSSR count). The smallest absolute Gasteiger partial charge is 0.291 e. The van der Waals surface area contributed by atoms with Gasteiger partial charge in [0.25, 0.3) is 5.91 Å². The van der Waals surface area contributed by atoms with Crippen LogP contribution in [0.3, 0.4) is 0 Å². The van der Waals surface area contributed by atoms with E-state index >= 15 is 0 Å². The molecule has 0 unspecified atom stereocenters. The highest BCUT2D eigenvalue weighted by Gasteiger charge is 2.14. The Bertz CT molecular complexity index is 1240. The molecule has 0 saturated carbocycles. The van der Waals surface area contributed by atoms with Gasteiger partial charge < -0.3 is 14.5 Å². The van der Waals surface area contributed by atoms with Gasteiger partial charge in [0.05, 0.1) is 29.6 Å². The van der Waals surface area contributed by atoms with E-state index in [9.17, 15) is 4.79 Å². The third kappa shape index (κ3) is 4.98. The molecular weight excluding hydrogens is 453 g/mol. The van der Waals surface area contributed by atoms with Crippen molar-refractivity contribution in [3.63, 3.8) is 0 Å². The molecule has 0 spiro atoms. The molecule has 3 aromatic heterocycles. The van der Waals surface area contributed by atoms with Crippen molar-refractivity contribution in [1.82, 2.24) is 19.6 Å². The minimum atomic E-state index is -0.379. The van der Waals surface area contributed by atoms with Crippen LogP contribution in [0.2, 0.25) is 10.0 Å². The Morgan fingerprint density at radius 2 is 2.03 bits per heavy atom. The molecule has 32 heavy (non-hydrogen) atoms. The summed E-state index contributed by atoms with van der Waals surface area (Å²) in [7, 11) is 0. The van der Waals surface area contributed by atoms with Gasteiger partial charge in [-0.3, -0.25) is 14.2 Å². The minimum Gasteiger partial charge on any atom is -0.484 e. The second-order valence-corrected chi connectivity index (χ2v) is 7.92. The van der Waals surface area contributed by atoms with E-state index in [0.29, 0.717) is 33.8 Å². The first-order chi connectivity index (χ1) is 15.4. The number of rotatable bonds is 8. The number of aryl methyl sites for hydroxylation is 1. The molecule has 10 heteroatoms. The number of furan rings is 1. The molecule has 0 aliphatic heterocycles. The predicted molar refractivity (Wildman–Crippen MR) is 121 cm³/mol. The molecule has 0 atom stereocenters. The van der Waals surface area contributed by atoms with Gasteiger partial charge in [0.15, 0.2) is 5.76 Å². The Balaban J connectivity index is 1.34. The van der Waals surface area contributed by atoms with Crippen LogP contribution < -0.4 is 10.1 Å². The number of carbonyl (C=O) groups excluding carboxylic acids is 1. The van der Waals surface area contributed by atoms with Crippen LogP contribution in [0.15, 0.2) is 53.3 Å². The van der Waals surface area contributed by atoms with Gasteiger partial charge in [-0.2, -0.15) is 10.2 Å². The molecule has 0 saturated heterocycles. The molecule has 8 nitrogen and oxygen atoms in total. The van der Waals surface area contributed by atoms with E-state index in [1.807, 2.05) is 24.7 Å². The molecule has 0 radical (unpaired) electrons. The Labute approximate surface area is 194 Å². The fraction of sp³-hybridized carbons (Fsp3) is 0.227. The summed E-state index contributed by atoms with van der Waals surface area (Å²) >= 11 is 12.0. The van der Waals surface area contributed by atoms with Gasteiger partial charge in [0.2, 0.25) is 0 Å². The number of ether oxygens (including phenoxy) is 1. The first-order valence-corrected chi connectivity index (χ1v) is 10.7. The standard InChI is InChI=1S/C22H21Cl2N5O3/c1-3-29-14(2)15(9-26-29)11-28-12-17(10-25-28)27-22(30)21-7-5-18(32-21)13-31-20-6-4-16(23)8-19(20)24/h4-10,12H,3,11,13H2,1-2H3,(H,27,30). The highest BCUT2D eigenvalue weighted by atomic mass is 35.5. The molecule has 0 bridgehead atoms. The van der Waals surface area contributed by atoms with Crippen LogP contribution in [-0.4, -0.2) is 25.5 Å². The third-order valence-electron chi connectivity index (χ3n) is 4.88. The number of nitrogens with zero attached hydrogens (tertiary/aromatic N) is 4. The lowest BCUT2D eigenvalue weighted by Crippen LogP contribution is -2.10. The van der Waals surface area contributed by atoms with E-state index in [-0.39, 0.29) is 18.3 Å². The lowest BCUT2D eigenvalue weighted by Gasteiger charge is -2.06. The van der Waals surface area contributed by atoms with Crippen molar-refractivity contribution in [3.8, 4) is 5.75 Å². The second kappa shape index (κ2) is 9.50. The number of hydrogen-bond donors (Lipinski definition) is 1. The van der Waals surface area contributed by atoms with Crippen LogP contribution in [0.1, 0.15) is 34.5 Å². The topological polar surface area (TPSA) is 87.1 Å². The number of hydrogen-bond acceptors (Lipinski definition) is 5. The number of anilines is 1. The van der Waals surface area contributed by atoms with Crippen molar-refractivity contribution >= 4 is 34.8 Å². The van der Waals surface area contributed by atoms with Gasteiger partial charge in [-0.15, -0.1) is 0 Å². The zero-order chi connectivity index (χ0) is 22.7. The highest BCUT2D eigenvalue weighted by molar-refractivity contribution is 6.35. The van der Waals surface area contributed by atoms with Crippen molar-refractivity contribution in [2.45, 2.75) is 33.5 Å². The summed E-state index contributed by atoms with van der Waals surface area (Å²) in [5, 5.41) is 12.4. The Hall–Kier alpha value is -3.23. The molecule has 1 aromatic carbocycles. The molecular formula is C22H21Cl2N5O3. The largest absolute Gasteiger partial charge is 0.484 e. The fourth-order valence-corrected chi connectivity index (χ4v) is 3.62. The average Bonchev–Trinajstić information content (AvgIpc) is 3.49. The number of aromatic nitrogens is 4. The molecule has 166 valence electrons. The van der Waals surface area contributed by atoms with Gasteiger partial charge in [-0.25, -0.2) is 0 Å². The van der Waals surface area contributed by atoms with E-state index < -0.39 is 0 Å². The first-order valence-electron chi connectivity index (χ1n) is 9.94. The van der Waals surface area contributed by atoms with E-state index in [1.165, 1.54) is 0 Å². The molecule has 0 aliphatic rings. The summed E-state index contributed by atoms with van der Waals surface area (Å²) in [6.07, 6.45) is 5.19. The molecule has 0 aliphatic carbocycles. The van der Waals surface area contributed by atoms with Crippen LogP contribution >= 0.6 is 23.2 Å². The first kappa shape index (κ1) is 22.0. The summed E-state index contributed by atoms with van der Waals surface area (Å²) < 4.78 is 14.9. The lowest BCUT2D eigenvalue weighted by molar-refractivity contribution is 0.0992. The Morgan fingerprint density at radius 3 is 2.78 bits per heavy atom. The van der Waals surface area contributed by atoms with E-state index in [4.69, 9.17) is 32.4 Å². The van der Waals surface area contributed by atoms with Crippen molar-refractivity contribution in [2.24, 2.45) is 0 Å². The summed E-state index contributed by atoms with van der Waals surface area (Å²) in [4.78, 5) is 12.5. The second-order valence-electron chi connectivity index (χ2n) is 7.08. The lowest BCUT2D eigenvalue weighted by atomic mass is 10.2. The molecule has 3 heterocycles. The quantitative estimate of drug-likeness (QED) is 0.380. The molecule has 1 N–H and O–H groups in total. The Morgan fingerprint density at radius 1 is 1.19 bits per heavy atom. The van der Waals surface area contributed by atoms with E-state index in [1.54, 1.807) is 47.4 Å². The predicted octanol–water partition coefficient (Wildman–Crippen LogP) is 5.19. The SMILES string of the molecule is CCn1ncc(Cn2cc(NC(=O)c3ccc(COc4ccc(Cl)cc4Cl)o3)cn2)c1C. The van der Waals surface area contributed by atoms with Gasteiger partial charge in [-0.1, -0.05) is 23.2 Å². The summed E-state index contributed by atoms with van der Waals surface area (Å²) in [5.74, 6) is 0.750. The van der Waals surface area contributed by atoms with Crippen LogP contribution in [-0.2, 0) is 19.7 Å². The fourth-order valence-electron chi connectivity index (χ4n) is 3.16. The summed E-state index contributed by atoms with van der Waals surface area (Å²) in [6, 6.07) is 8.21. The summed E-state index contributed by atoms with van der Waals surface area (Å²) in [5.41, 5.74) is 2.74. The van der Waals surface area contributed by atoms with Crippen molar-refractivity contribution in [1.29, 1.82) is 0 Å². The van der Waals surface area contributed by atoms with Gasteiger partial charge in [0, 0.05) is 29.0 Å². The van der Waals surface area contributed by atoms with E-state index in [0.717, 1.165) is 17.8 Å². The van der Waals surface area contributed by atoms with Gasteiger partial charge >= 0.3 is 0 Å². The zero-order valence-electron chi connectivity index (χ0n) is 17.5. The highest BCUT2D eigenvalue weighted by Crippen LogP contribution is 2.28. The van der Waals surface area contributed by atoms with Crippen molar-refractivity contribution in [2.75, 3.05) is 5.32 Å². The van der Waals surface area contributed by atoms with Crippen molar-refractivity contribution in [3.05, 3.63) is 81.7 Å². The maximum atomic E-state index is 12.5. The molecule has 0 fully saturated rings.